The number of hydrogen-bond donors (Lipinski definition) is 1. The van der Waals surface area contributed by atoms with E-state index in [1.165, 1.54) is 11.1 Å². The Morgan fingerprint density at radius 3 is 2.32 bits per heavy atom. The summed E-state index contributed by atoms with van der Waals surface area (Å²) in [5, 5.41) is 10.3. The summed E-state index contributed by atoms with van der Waals surface area (Å²) in [5.41, 5.74) is 3.85. The van der Waals surface area contributed by atoms with Gasteiger partial charge in [0.2, 0.25) is 0 Å². The molecule has 1 aliphatic heterocycles. The van der Waals surface area contributed by atoms with E-state index in [1.807, 2.05) is 36.4 Å². The minimum atomic E-state index is -0.327. The molecule has 1 aliphatic rings. The number of pyridine rings is 1. The first-order chi connectivity index (χ1) is 10.8. The fourth-order valence-electron chi connectivity index (χ4n) is 3.15. The van der Waals surface area contributed by atoms with Crippen molar-refractivity contribution in [2.75, 3.05) is 4.90 Å². The molecule has 0 aliphatic carbocycles. The highest BCUT2D eigenvalue weighted by Gasteiger charge is 2.24. The van der Waals surface area contributed by atoms with Gasteiger partial charge in [0.05, 0.1) is 11.2 Å². The smallest absolute Gasteiger partial charge is 0.268 e. The van der Waals surface area contributed by atoms with Crippen LogP contribution in [0.25, 0.3) is 10.9 Å². The maximum Gasteiger partial charge on any atom is 0.268 e. The zero-order valence-electron chi connectivity index (χ0n) is 11.8. The van der Waals surface area contributed by atoms with E-state index in [1.54, 1.807) is 0 Å². The summed E-state index contributed by atoms with van der Waals surface area (Å²) in [6, 6.07) is 17.9. The van der Waals surface area contributed by atoms with Crippen LogP contribution in [0.2, 0.25) is 0 Å². The van der Waals surface area contributed by atoms with Gasteiger partial charge in [0.25, 0.3) is 5.56 Å². The summed E-state index contributed by atoms with van der Waals surface area (Å²) in [5.74, 6) is 0. The summed E-state index contributed by atoms with van der Waals surface area (Å²) in [6.07, 6.45) is 0. The minimum absolute atomic E-state index is 0.187. The Balaban J connectivity index is 1.96. The molecule has 0 fully saturated rings. The van der Waals surface area contributed by atoms with E-state index in [9.17, 15) is 10.1 Å². The van der Waals surface area contributed by atoms with Crippen molar-refractivity contribution in [3.8, 4) is 6.07 Å². The molecule has 0 radical (unpaired) electrons. The molecular weight excluding hydrogens is 274 g/mol. The first kappa shape index (κ1) is 12.7. The summed E-state index contributed by atoms with van der Waals surface area (Å²) in [6.45, 7) is 1.44. The van der Waals surface area contributed by atoms with E-state index < -0.39 is 0 Å². The number of nitrogens with zero attached hydrogens (tertiary/aromatic N) is 2. The number of para-hydroxylation sites is 1. The number of benzene rings is 2. The van der Waals surface area contributed by atoms with Crippen molar-refractivity contribution in [1.29, 1.82) is 5.26 Å². The first-order valence-electron chi connectivity index (χ1n) is 7.15. The minimum Gasteiger partial charge on any atom is -0.361 e. The fraction of sp³-hybridized carbons (Fsp3) is 0.111. The highest BCUT2D eigenvalue weighted by molar-refractivity contribution is 5.94. The van der Waals surface area contributed by atoms with Crippen molar-refractivity contribution in [2.24, 2.45) is 0 Å². The van der Waals surface area contributed by atoms with E-state index >= 15 is 0 Å². The van der Waals surface area contributed by atoms with Gasteiger partial charge in [-0.1, -0.05) is 42.5 Å². The third-order valence-corrected chi connectivity index (χ3v) is 4.16. The molecule has 3 aromatic rings. The topological polar surface area (TPSA) is 59.9 Å². The van der Waals surface area contributed by atoms with Crippen LogP contribution in [0.4, 0.5) is 5.69 Å². The monoisotopic (exact) mass is 287 g/mol. The molecule has 1 N–H and O–H groups in total. The summed E-state index contributed by atoms with van der Waals surface area (Å²) < 4.78 is 0. The number of anilines is 1. The molecule has 106 valence electrons. The van der Waals surface area contributed by atoms with Crippen LogP contribution in [0.15, 0.2) is 53.3 Å². The lowest BCUT2D eigenvalue weighted by molar-refractivity contribution is 0.880. The number of H-pyrrole nitrogens is 1. The van der Waals surface area contributed by atoms with Crippen LogP contribution in [0.5, 0.6) is 0 Å². The van der Waals surface area contributed by atoms with Crippen LogP contribution >= 0.6 is 0 Å². The second-order valence-corrected chi connectivity index (χ2v) is 5.46. The van der Waals surface area contributed by atoms with E-state index in [0.29, 0.717) is 0 Å². The van der Waals surface area contributed by atoms with Gasteiger partial charge in [-0.25, -0.2) is 0 Å². The van der Waals surface area contributed by atoms with Crippen LogP contribution in [-0.2, 0) is 13.1 Å². The highest BCUT2D eigenvalue weighted by atomic mass is 16.1. The number of nitrogens with one attached hydrogen (secondary N) is 1. The molecule has 0 saturated carbocycles. The van der Waals surface area contributed by atoms with Crippen molar-refractivity contribution >= 4 is 16.6 Å². The van der Waals surface area contributed by atoms with Gasteiger partial charge in [-0.05, 0) is 17.2 Å². The van der Waals surface area contributed by atoms with Crippen molar-refractivity contribution in [3.05, 3.63) is 75.6 Å². The number of aromatic amines is 1. The van der Waals surface area contributed by atoms with Gasteiger partial charge in [0, 0.05) is 18.5 Å². The Labute approximate surface area is 127 Å². The average Bonchev–Trinajstić information content (AvgIpc) is 2.97. The molecular formula is C18H13N3O. The Morgan fingerprint density at radius 2 is 1.64 bits per heavy atom. The Morgan fingerprint density at radius 1 is 1.00 bits per heavy atom. The predicted molar refractivity (Wildman–Crippen MR) is 85.6 cm³/mol. The first-order valence-corrected chi connectivity index (χ1v) is 7.15. The molecule has 1 aromatic heterocycles. The molecule has 2 aromatic carbocycles. The summed E-state index contributed by atoms with van der Waals surface area (Å²) >= 11 is 0. The van der Waals surface area contributed by atoms with Crippen LogP contribution in [-0.4, -0.2) is 4.98 Å². The summed E-state index contributed by atoms with van der Waals surface area (Å²) in [7, 11) is 0. The second kappa shape index (κ2) is 4.74. The molecule has 0 amide bonds. The van der Waals surface area contributed by atoms with Crippen molar-refractivity contribution < 1.29 is 0 Å². The second-order valence-electron chi connectivity index (χ2n) is 5.46. The van der Waals surface area contributed by atoms with Crippen LogP contribution in [0.1, 0.15) is 16.7 Å². The standard InChI is InChI=1S/C18H13N3O/c19-9-15-17(14-7-3-4-8-16(14)20-18(15)22)21-10-12-5-1-2-6-13(12)11-21/h1-8H,10-11H2,(H,20,22). The normalized spacial score (nSPS) is 13.1. The van der Waals surface area contributed by atoms with Crippen molar-refractivity contribution in [2.45, 2.75) is 13.1 Å². The quantitative estimate of drug-likeness (QED) is 0.748. The maximum atomic E-state index is 12.2. The molecule has 0 saturated heterocycles. The van der Waals surface area contributed by atoms with Crippen molar-refractivity contribution in [3.63, 3.8) is 0 Å². The average molecular weight is 287 g/mol. The van der Waals surface area contributed by atoms with Gasteiger partial charge >= 0.3 is 0 Å². The third kappa shape index (κ3) is 1.80. The number of hydrogen-bond acceptors (Lipinski definition) is 3. The van der Waals surface area contributed by atoms with Crippen LogP contribution in [0.3, 0.4) is 0 Å². The van der Waals surface area contributed by atoms with Gasteiger partial charge in [-0.3, -0.25) is 4.79 Å². The molecule has 2 heterocycles. The van der Waals surface area contributed by atoms with Gasteiger partial charge in [0.1, 0.15) is 11.6 Å². The van der Waals surface area contributed by atoms with Crippen molar-refractivity contribution in [1.82, 2.24) is 4.98 Å². The van der Waals surface area contributed by atoms with Crippen LogP contribution in [0, 0.1) is 11.3 Å². The molecule has 4 heteroatoms. The molecule has 22 heavy (non-hydrogen) atoms. The van der Waals surface area contributed by atoms with E-state index in [4.69, 9.17) is 0 Å². The number of nitriles is 1. The Hall–Kier alpha value is -3.06. The lowest BCUT2D eigenvalue weighted by Crippen LogP contribution is -2.22. The van der Waals surface area contributed by atoms with E-state index in [2.05, 4.69) is 28.1 Å². The molecule has 4 nitrogen and oxygen atoms in total. The lowest BCUT2D eigenvalue weighted by atomic mass is 10.1. The van der Waals surface area contributed by atoms with Gasteiger partial charge < -0.3 is 9.88 Å². The zero-order chi connectivity index (χ0) is 15.1. The number of aromatic nitrogens is 1. The SMILES string of the molecule is N#Cc1c(N2Cc3ccccc3C2)c2ccccc2[nH]c1=O. The Kier molecular flexibility index (Phi) is 2.73. The van der Waals surface area contributed by atoms with E-state index in [-0.39, 0.29) is 11.1 Å². The van der Waals surface area contributed by atoms with Crippen LogP contribution < -0.4 is 10.5 Å². The van der Waals surface area contributed by atoms with Gasteiger partial charge in [0.15, 0.2) is 0 Å². The molecule has 0 unspecified atom stereocenters. The Bertz CT molecular complexity index is 957. The number of rotatable bonds is 1. The highest BCUT2D eigenvalue weighted by Crippen LogP contribution is 2.33. The lowest BCUT2D eigenvalue weighted by Gasteiger charge is -2.21. The van der Waals surface area contributed by atoms with Gasteiger partial charge in [-0.15, -0.1) is 0 Å². The largest absolute Gasteiger partial charge is 0.361 e. The van der Waals surface area contributed by atoms with Gasteiger partial charge in [-0.2, -0.15) is 5.26 Å². The maximum absolute atomic E-state index is 12.2. The third-order valence-electron chi connectivity index (χ3n) is 4.16. The molecule has 4 rings (SSSR count). The molecule has 0 atom stereocenters. The van der Waals surface area contributed by atoms with E-state index in [0.717, 1.165) is 29.7 Å². The predicted octanol–water partition coefficient (Wildman–Crippen LogP) is 2.92. The molecule has 0 bridgehead atoms. The summed E-state index contributed by atoms with van der Waals surface area (Å²) in [4.78, 5) is 17.1. The molecule has 0 spiro atoms. The zero-order valence-corrected chi connectivity index (χ0v) is 11.8. The fourth-order valence-corrected chi connectivity index (χ4v) is 3.15. The number of fused-ring (bicyclic) bond motifs is 2.